The second-order valence-corrected chi connectivity index (χ2v) is 7.16. The van der Waals surface area contributed by atoms with E-state index >= 15 is 0 Å². The van der Waals surface area contributed by atoms with E-state index in [4.69, 9.17) is 10.5 Å². The van der Waals surface area contributed by atoms with Crippen molar-refractivity contribution in [3.63, 3.8) is 0 Å². The molecule has 3 aromatic carbocycles. The van der Waals surface area contributed by atoms with Crippen LogP contribution in [0.4, 0.5) is 16.6 Å². The summed E-state index contributed by atoms with van der Waals surface area (Å²) in [4.78, 5) is 13.0. The fraction of sp³-hybridized carbons (Fsp3) is 0. The average Bonchev–Trinajstić information content (AvgIpc) is 3.14. The van der Waals surface area contributed by atoms with Crippen LogP contribution in [0.5, 0.6) is 11.6 Å². The van der Waals surface area contributed by atoms with Crippen molar-refractivity contribution in [2.24, 2.45) is 0 Å². The van der Waals surface area contributed by atoms with Gasteiger partial charge in [0.15, 0.2) is 10.9 Å². The van der Waals surface area contributed by atoms with E-state index in [1.54, 1.807) is 0 Å². The molecule has 2 aromatic heterocycles. The molecule has 28 heavy (non-hydrogen) atoms. The van der Waals surface area contributed by atoms with Crippen LogP contribution in [-0.4, -0.2) is 15.0 Å². The molecule has 0 radical (unpaired) electrons. The third-order valence-electron chi connectivity index (χ3n) is 4.32. The van der Waals surface area contributed by atoms with Crippen LogP contribution in [0.25, 0.3) is 21.0 Å². The highest BCUT2D eigenvalue weighted by molar-refractivity contribution is 7.22. The molecular weight excluding hydrogens is 370 g/mol. The van der Waals surface area contributed by atoms with Gasteiger partial charge in [0.2, 0.25) is 5.88 Å². The average molecular weight is 385 g/mol. The van der Waals surface area contributed by atoms with Crippen molar-refractivity contribution in [1.82, 2.24) is 15.0 Å². The fourth-order valence-corrected chi connectivity index (χ4v) is 3.84. The third-order valence-corrected chi connectivity index (χ3v) is 5.27. The van der Waals surface area contributed by atoms with Gasteiger partial charge in [0.1, 0.15) is 17.8 Å². The molecule has 2 heterocycles. The molecule has 3 N–H and O–H groups in total. The molecule has 0 amide bonds. The van der Waals surface area contributed by atoms with E-state index in [0.717, 1.165) is 21.0 Å². The maximum absolute atomic E-state index is 6.28. The summed E-state index contributed by atoms with van der Waals surface area (Å²) >= 11 is 1.53. The molecule has 0 saturated heterocycles. The Hall–Kier alpha value is -3.71. The van der Waals surface area contributed by atoms with Crippen molar-refractivity contribution in [3.8, 4) is 11.6 Å². The molecule has 136 valence electrons. The van der Waals surface area contributed by atoms with Crippen LogP contribution >= 0.6 is 11.3 Å². The van der Waals surface area contributed by atoms with E-state index in [2.05, 4.69) is 20.3 Å². The first-order valence-electron chi connectivity index (χ1n) is 8.66. The molecule has 0 atom stereocenters. The Labute approximate surface area is 164 Å². The minimum absolute atomic E-state index is 0.301. The zero-order valence-corrected chi connectivity index (χ0v) is 15.5. The quantitative estimate of drug-likeness (QED) is 0.433. The zero-order valence-electron chi connectivity index (χ0n) is 14.7. The van der Waals surface area contributed by atoms with Gasteiger partial charge in [-0.2, -0.15) is 4.98 Å². The number of hydrogen-bond acceptors (Lipinski definition) is 7. The maximum atomic E-state index is 6.28. The Morgan fingerprint density at radius 1 is 0.893 bits per heavy atom. The van der Waals surface area contributed by atoms with Gasteiger partial charge in [0, 0.05) is 5.39 Å². The summed E-state index contributed by atoms with van der Waals surface area (Å²) in [5.74, 6) is 1.45. The number of nitrogens with one attached hydrogen (secondary N) is 1. The zero-order chi connectivity index (χ0) is 18.9. The number of anilines is 3. The summed E-state index contributed by atoms with van der Waals surface area (Å²) < 4.78 is 7.11. The van der Waals surface area contributed by atoms with Gasteiger partial charge in [-0.25, -0.2) is 9.97 Å². The fourth-order valence-electron chi connectivity index (χ4n) is 2.98. The van der Waals surface area contributed by atoms with Gasteiger partial charge < -0.3 is 15.8 Å². The Balaban J connectivity index is 1.48. The van der Waals surface area contributed by atoms with E-state index in [1.807, 2.05) is 66.7 Å². The SMILES string of the molecule is Nc1c(Nc2nc3ccccc3s2)ncnc1Oc1cccc2ccccc12. The van der Waals surface area contributed by atoms with Gasteiger partial charge >= 0.3 is 0 Å². The molecule has 5 aromatic rings. The van der Waals surface area contributed by atoms with Crippen molar-refractivity contribution < 1.29 is 4.74 Å². The first kappa shape index (κ1) is 16.5. The normalized spacial score (nSPS) is 11.0. The van der Waals surface area contributed by atoms with Crippen LogP contribution < -0.4 is 15.8 Å². The number of para-hydroxylation sites is 1. The van der Waals surface area contributed by atoms with Gasteiger partial charge in [-0.05, 0) is 23.6 Å². The molecule has 7 heteroatoms. The lowest BCUT2D eigenvalue weighted by molar-refractivity contribution is 0.470. The summed E-state index contributed by atoms with van der Waals surface area (Å²) in [6.45, 7) is 0. The second kappa shape index (κ2) is 6.79. The number of rotatable bonds is 4. The van der Waals surface area contributed by atoms with E-state index in [9.17, 15) is 0 Å². The Morgan fingerprint density at radius 3 is 2.64 bits per heavy atom. The largest absolute Gasteiger partial charge is 0.436 e. The highest BCUT2D eigenvalue weighted by atomic mass is 32.1. The van der Waals surface area contributed by atoms with Crippen LogP contribution in [0, 0.1) is 0 Å². The van der Waals surface area contributed by atoms with Crippen LogP contribution in [0.15, 0.2) is 73.1 Å². The minimum Gasteiger partial charge on any atom is -0.436 e. The number of nitrogens with zero attached hydrogens (tertiary/aromatic N) is 3. The van der Waals surface area contributed by atoms with Crippen molar-refractivity contribution >= 4 is 49.0 Å². The predicted octanol–water partition coefficient (Wildman–Crippen LogP) is 5.36. The second-order valence-electron chi connectivity index (χ2n) is 6.13. The van der Waals surface area contributed by atoms with E-state index < -0.39 is 0 Å². The highest BCUT2D eigenvalue weighted by Crippen LogP contribution is 2.35. The van der Waals surface area contributed by atoms with Gasteiger partial charge in [0.05, 0.1) is 10.2 Å². The van der Waals surface area contributed by atoms with Crippen LogP contribution in [-0.2, 0) is 0 Å². The van der Waals surface area contributed by atoms with Crippen LogP contribution in [0.3, 0.4) is 0 Å². The molecular formula is C21H15N5OS. The molecule has 0 spiro atoms. The molecule has 0 aliphatic carbocycles. The smallest absolute Gasteiger partial charge is 0.248 e. The number of aromatic nitrogens is 3. The number of hydrogen-bond donors (Lipinski definition) is 2. The van der Waals surface area contributed by atoms with Crippen molar-refractivity contribution in [2.45, 2.75) is 0 Å². The lowest BCUT2D eigenvalue weighted by Gasteiger charge is -2.12. The Kier molecular flexibility index (Phi) is 3.99. The number of fused-ring (bicyclic) bond motifs is 2. The Bertz CT molecular complexity index is 1260. The maximum Gasteiger partial charge on any atom is 0.248 e. The van der Waals surface area contributed by atoms with Gasteiger partial charge in [0.25, 0.3) is 0 Å². The number of nitrogen functional groups attached to an aromatic ring is 1. The minimum atomic E-state index is 0.301. The van der Waals surface area contributed by atoms with E-state index in [1.165, 1.54) is 17.7 Å². The van der Waals surface area contributed by atoms with Crippen molar-refractivity contribution in [2.75, 3.05) is 11.1 Å². The molecule has 0 unspecified atom stereocenters. The van der Waals surface area contributed by atoms with Gasteiger partial charge in [-0.3, -0.25) is 0 Å². The predicted molar refractivity (Wildman–Crippen MR) is 113 cm³/mol. The molecule has 0 aliphatic heterocycles. The number of benzene rings is 3. The monoisotopic (exact) mass is 385 g/mol. The highest BCUT2D eigenvalue weighted by Gasteiger charge is 2.13. The summed E-state index contributed by atoms with van der Waals surface area (Å²) in [5, 5.41) is 5.96. The standard InChI is InChI=1S/C21H15N5OS/c22-18-19(26-21-25-15-9-3-4-11-17(15)28-21)23-12-24-20(18)27-16-10-5-7-13-6-1-2-8-14(13)16/h1-12H,22H2,(H,23,24,25,26). The van der Waals surface area contributed by atoms with Crippen molar-refractivity contribution in [1.29, 1.82) is 0 Å². The lowest BCUT2D eigenvalue weighted by Crippen LogP contribution is -2.03. The summed E-state index contributed by atoms with van der Waals surface area (Å²) in [7, 11) is 0. The topological polar surface area (TPSA) is 86.0 Å². The first-order chi connectivity index (χ1) is 13.8. The van der Waals surface area contributed by atoms with Crippen LogP contribution in [0.1, 0.15) is 0 Å². The summed E-state index contributed by atoms with van der Waals surface area (Å²) in [6.07, 6.45) is 1.42. The number of ether oxygens (including phenoxy) is 1. The number of thiazole rings is 1. The summed E-state index contributed by atoms with van der Waals surface area (Å²) in [6, 6.07) is 21.8. The Morgan fingerprint density at radius 2 is 1.71 bits per heavy atom. The third kappa shape index (κ3) is 2.97. The molecule has 5 rings (SSSR count). The first-order valence-corrected chi connectivity index (χ1v) is 9.48. The molecule has 0 saturated carbocycles. The molecule has 0 aliphatic rings. The summed E-state index contributed by atoms with van der Waals surface area (Å²) in [5.41, 5.74) is 7.54. The number of nitrogens with two attached hydrogens (primary N) is 1. The van der Waals surface area contributed by atoms with Gasteiger partial charge in [-0.15, -0.1) is 0 Å². The van der Waals surface area contributed by atoms with Crippen LogP contribution in [0.2, 0.25) is 0 Å². The van der Waals surface area contributed by atoms with E-state index in [0.29, 0.717) is 28.3 Å². The van der Waals surface area contributed by atoms with Crippen molar-refractivity contribution in [3.05, 3.63) is 73.1 Å². The van der Waals surface area contributed by atoms with Gasteiger partial charge in [-0.1, -0.05) is 59.9 Å². The lowest BCUT2D eigenvalue weighted by atomic mass is 10.1. The molecule has 6 nitrogen and oxygen atoms in total. The molecule has 0 bridgehead atoms. The molecule has 0 fully saturated rings. The van der Waals surface area contributed by atoms with E-state index in [-0.39, 0.29) is 0 Å².